The highest BCUT2D eigenvalue weighted by molar-refractivity contribution is 6.46. The number of methoxy groups -OCH3 is 1. The predicted octanol–water partition coefficient (Wildman–Crippen LogP) is 4.64. The summed E-state index contributed by atoms with van der Waals surface area (Å²) in [5, 5.41) is 11.2. The molecule has 35 heavy (non-hydrogen) atoms. The van der Waals surface area contributed by atoms with E-state index >= 15 is 0 Å². The zero-order valence-electron chi connectivity index (χ0n) is 21.1. The number of ether oxygens (including phenoxy) is 2. The Morgan fingerprint density at radius 3 is 2.17 bits per heavy atom. The topological polar surface area (TPSA) is 79.3 Å². The van der Waals surface area contributed by atoms with E-state index in [1.54, 1.807) is 36.3 Å². The van der Waals surface area contributed by atoms with Gasteiger partial charge < -0.3 is 24.4 Å². The maximum absolute atomic E-state index is 13.2. The SMILES string of the molecule is CCCOc1ccc([C@@H]2/C(=C(\O)c3ccc(OC)cc3)C(=O)C(=O)N2CCCN(CC)CC)cc1. The Morgan fingerprint density at radius 2 is 1.60 bits per heavy atom. The van der Waals surface area contributed by atoms with Crippen molar-refractivity contribution in [3.63, 3.8) is 0 Å². The standard InChI is InChI=1S/C28H36N2O5/c1-5-19-35-23-15-9-20(10-16-23)25-24(26(31)21-11-13-22(34-4)14-12-21)27(32)28(33)30(25)18-8-17-29(6-2)7-3/h9-16,25,31H,5-8,17-19H2,1-4H3/b26-24+/t25-/m1/s1. The molecule has 1 heterocycles. The van der Waals surface area contributed by atoms with Gasteiger partial charge in [-0.2, -0.15) is 0 Å². The Balaban J connectivity index is 1.99. The van der Waals surface area contributed by atoms with E-state index < -0.39 is 17.7 Å². The van der Waals surface area contributed by atoms with Crippen LogP contribution in [0.25, 0.3) is 5.76 Å². The molecule has 0 saturated carbocycles. The van der Waals surface area contributed by atoms with Gasteiger partial charge in [0.15, 0.2) is 0 Å². The third-order valence-corrected chi connectivity index (χ3v) is 6.34. The number of rotatable bonds is 12. The van der Waals surface area contributed by atoms with Crippen LogP contribution in [0.5, 0.6) is 11.5 Å². The number of hydrogen-bond acceptors (Lipinski definition) is 6. The van der Waals surface area contributed by atoms with Crippen molar-refractivity contribution >= 4 is 17.4 Å². The minimum Gasteiger partial charge on any atom is -0.507 e. The molecule has 2 aromatic rings. The quantitative estimate of drug-likeness (QED) is 0.271. The molecule has 2 aromatic carbocycles. The molecule has 7 heteroatoms. The number of aliphatic hydroxyl groups excluding tert-OH is 1. The van der Waals surface area contributed by atoms with E-state index in [2.05, 4.69) is 18.7 Å². The lowest BCUT2D eigenvalue weighted by molar-refractivity contribution is -0.140. The smallest absolute Gasteiger partial charge is 0.295 e. The second kappa shape index (κ2) is 12.4. The van der Waals surface area contributed by atoms with E-state index in [1.165, 1.54) is 0 Å². The minimum absolute atomic E-state index is 0.102. The summed E-state index contributed by atoms with van der Waals surface area (Å²) < 4.78 is 10.9. The number of aliphatic hydroxyl groups is 1. The van der Waals surface area contributed by atoms with Gasteiger partial charge >= 0.3 is 0 Å². The number of Topliss-reactive ketones (excluding diaryl/α,β-unsaturated/α-hetero) is 1. The van der Waals surface area contributed by atoms with E-state index in [-0.39, 0.29) is 11.3 Å². The average molecular weight is 481 g/mol. The third kappa shape index (κ3) is 6.03. The van der Waals surface area contributed by atoms with Crippen molar-refractivity contribution in [1.29, 1.82) is 0 Å². The summed E-state index contributed by atoms with van der Waals surface area (Å²) in [6, 6.07) is 13.5. The Bertz CT molecular complexity index is 1030. The fourth-order valence-electron chi connectivity index (χ4n) is 4.33. The van der Waals surface area contributed by atoms with Crippen LogP contribution in [0.2, 0.25) is 0 Å². The summed E-state index contributed by atoms with van der Waals surface area (Å²) in [7, 11) is 1.56. The van der Waals surface area contributed by atoms with Crippen molar-refractivity contribution in [2.24, 2.45) is 0 Å². The van der Waals surface area contributed by atoms with Crippen molar-refractivity contribution < 1.29 is 24.2 Å². The highest BCUT2D eigenvalue weighted by atomic mass is 16.5. The zero-order chi connectivity index (χ0) is 25.4. The molecule has 1 N–H and O–H groups in total. The van der Waals surface area contributed by atoms with Crippen LogP contribution >= 0.6 is 0 Å². The average Bonchev–Trinajstić information content (AvgIpc) is 3.14. The Kier molecular flexibility index (Phi) is 9.32. The van der Waals surface area contributed by atoms with Crippen LogP contribution in [-0.4, -0.2) is 66.5 Å². The molecular weight excluding hydrogens is 444 g/mol. The maximum Gasteiger partial charge on any atom is 0.295 e. The van der Waals surface area contributed by atoms with Gasteiger partial charge in [0.1, 0.15) is 17.3 Å². The summed E-state index contributed by atoms with van der Waals surface area (Å²) in [4.78, 5) is 30.2. The molecular formula is C28H36N2O5. The number of amides is 1. The lowest BCUT2D eigenvalue weighted by atomic mass is 9.95. The van der Waals surface area contributed by atoms with Crippen molar-refractivity contribution in [3.05, 3.63) is 65.2 Å². The number of likely N-dealkylation sites (tertiary alicyclic amines) is 1. The highest BCUT2D eigenvalue weighted by Crippen LogP contribution is 2.40. The lowest BCUT2D eigenvalue weighted by Crippen LogP contribution is -2.33. The maximum atomic E-state index is 13.2. The molecule has 0 aromatic heterocycles. The highest BCUT2D eigenvalue weighted by Gasteiger charge is 2.45. The van der Waals surface area contributed by atoms with Crippen LogP contribution in [0, 0.1) is 0 Å². The van der Waals surface area contributed by atoms with Crippen molar-refractivity contribution in [2.75, 3.05) is 39.9 Å². The number of hydrogen-bond donors (Lipinski definition) is 1. The Labute approximate surface area is 207 Å². The van der Waals surface area contributed by atoms with Gasteiger partial charge in [-0.25, -0.2) is 0 Å². The largest absolute Gasteiger partial charge is 0.507 e. The van der Waals surface area contributed by atoms with Crippen molar-refractivity contribution in [3.8, 4) is 11.5 Å². The van der Waals surface area contributed by atoms with Gasteiger partial charge in [0.2, 0.25) is 0 Å². The molecule has 1 fully saturated rings. The molecule has 7 nitrogen and oxygen atoms in total. The first-order valence-corrected chi connectivity index (χ1v) is 12.3. The van der Waals surface area contributed by atoms with Crippen LogP contribution in [0.15, 0.2) is 54.1 Å². The van der Waals surface area contributed by atoms with Crippen molar-refractivity contribution in [1.82, 2.24) is 9.80 Å². The Hall–Kier alpha value is -3.32. The molecule has 0 spiro atoms. The predicted molar refractivity (Wildman–Crippen MR) is 137 cm³/mol. The first kappa shape index (κ1) is 26.3. The van der Waals surface area contributed by atoms with Gasteiger partial charge in [0.25, 0.3) is 11.7 Å². The van der Waals surface area contributed by atoms with Gasteiger partial charge in [0.05, 0.1) is 25.3 Å². The van der Waals surface area contributed by atoms with E-state index in [1.807, 2.05) is 31.2 Å². The van der Waals surface area contributed by atoms with Crippen LogP contribution in [0.1, 0.15) is 50.8 Å². The minimum atomic E-state index is -0.672. The van der Waals surface area contributed by atoms with Gasteiger partial charge in [-0.3, -0.25) is 9.59 Å². The fraction of sp³-hybridized carbons (Fsp3) is 0.429. The molecule has 0 radical (unpaired) electrons. The number of carbonyl (C=O) groups excluding carboxylic acids is 2. The zero-order valence-corrected chi connectivity index (χ0v) is 21.1. The van der Waals surface area contributed by atoms with E-state index in [9.17, 15) is 14.7 Å². The number of benzene rings is 2. The van der Waals surface area contributed by atoms with Crippen molar-refractivity contribution in [2.45, 2.75) is 39.7 Å². The van der Waals surface area contributed by atoms with Crippen LogP contribution < -0.4 is 9.47 Å². The summed E-state index contributed by atoms with van der Waals surface area (Å²) >= 11 is 0. The second-order valence-electron chi connectivity index (χ2n) is 8.52. The number of ketones is 1. The fourth-order valence-corrected chi connectivity index (χ4v) is 4.33. The normalized spacial score (nSPS) is 17.3. The third-order valence-electron chi connectivity index (χ3n) is 6.34. The van der Waals surface area contributed by atoms with Gasteiger partial charge in [-0.05, 0) is 74.4 Å². The summed E-state index contributed by atoms with van der Waals surface area (Å²) in [6.45, 7) is 9.95. The molecule has 0 unspecified atom stereocenters. The molecule has 0 bridgehead atoms. The van der Waals surface area contributed by atoms with Gasteiger partial charge in [-0.15, -0.1) is 0 Å². The van der Waals surface area contributed by atoms with Gasteiger partial charge in [-0.1, -0.05) is 32.9 Å². The van der Waals surface area contributed by atoms with E-state index in [0.717, 1.165) is 43.8 Å². The molecule has 1 atom stereocenters. The second-order valence-corrected chi connectivity index (χ2v) is 8.52. The van der Waals surface area contributed by atoms with E-state index in [0.29, 0.717) is 24.5 Å². The molecule has 188 valence electrons. The molecule has 1 amide bonds. The van der Waals surface area contributed by atoms with Crippen LogP contribution in [0.3, 0.4) is 0 Å². The van der Waals surface area contributed by atoms with Crippen LogP contribution in [-0.2, 0) is 9.59 Å². The number of nitrogens with zero attached hydrogens (tertiary/aromatic N) is 2. The number of carbonyl (C=O) groups is 2. The van der Waals surface area contributed by atoms with Crippen LogP contribution in [0.4, 0.5) is 0 Å². The molecule has 1 saturated heterocycles. The monoisotopic (exact) mass is 480 g/mol. The molecule has 1 aliphatic heterocycles. The molecule has 0 aliphatic carbocycles. The first-order valence-electron chi connectivity index (χ1n) is 12.3. The summed E-state index contributed by atoms with van der Waals surface area (Å²) in [5.41, 5.74) is 1.32. The summed E-state index contributed by atoms with van der Waals surface area (Å²) in [5.74, 6) is -0.0798. The first-order chi connectivity index (χ1) is 16.9. The molecule has 3 rings (SSSR count). The van der Waals surface area contributed by atoms with Gasteiger partial charge in [0, 0.05) is 12.1 Å². The molecule has 1 aliphatic rings. The van der Waals surface area contributed by atoms with E-state index in [4.69, 9.17) is 9.47 Å². The summed E-state index contributed by atoms with van der Waals surface area (Å²) in [6.07, 6.45) is 1.63. The Morgan fingerprint density at radius 1 is 0.971 bits per heavy atom. The lowest BCUT2D eigenvalue weighted by Gasteiger charge is -2.27.